The van der Waals surface area contributed by atoms with Gasteiger partial charge in [-0.05, 0) is 25.7 Å². The van der Waals surface area contributed by atoms with Gasteiger partial charge in [-0.2, -0.15) is 0 Å². The van der Waals surface area contributed by atoms with Crippen LogP contribution < -0.4 is 0 Å². The van der Waals surface area contributed by atoms with Gasteiger partial charge in [0.2, 0.25) is 0 Å². The van der Waals surface area contributed by atoms with Gasteiger partial charge in [0.05, 0.1) is 0 Å². The number of unbranched alkanes of at least 4 members (excludes halogenated alkanes) is 23. The molecule has 0 radical (unpaired) electrons. The summed E-state index contributed by atoms with van der Waals surface area (Å²) in [5.41, 5.74) is 0. The van der Waals surface area contributed by atoms with Crippen LogP contribution in [0, 0.1) is 0 Å². The second kappa shape index (κ2) is 26.0. The molecular formula is C30H61O3P. The Balaban J connectivity index is 3.66. The lowest BCUT2D eigenvalue weighted by atomic mass is 10.0. The molecule has 0 spiro atoms. The summed E-state index contributed by atoms with van der Waals surface area (Å²) in [6.45, 7) is 4.53. The van der Waals surface area contributed by atoms with E-state index >= 15 is 0 Å². The van der Waals surface area contributed by atoms with Crippen LogP contribution in [0.2, 0.25) is 0 Å². The molecular weight excluding hydrogens is 439 g/mol. The molecule has 0 aromatic rings. The third-order valence-corrected chi connectivity index (χ3v) is 8.25. The first-order valence-electron chi connectivity index (χ1n) is 15.3. The van der Waals surface area contributed by atoms with Gasteiger partial charge >= 0.3 is 7.60 Å². The van der Waals surface area contributed by atoms with E-state index in [0.29, 0.717) is 11.7 Å². The highest BCUT2D eigenvalue weighted by atomic mass is 31.2. The van der Waals surface area contributed by atoms with Gasteiger partial charge in [0.15, 0.2) is 0 Å². The molecule has 2 N–H and O–H groups in total. The van der Waals surface area contributed by atoms with Crippen LogP contribution in [0.4, 0.5) is 0 Å². The van der Waals surface area contributed by atoms with E-state index in [-0.39, 0.29) is 0 Å². The Bertz CT molecular complexity index is 483. The Morgan fingerprint density at radius 1 is 0.500 bits per heavy atom. The number of hydrogen-bond acceptors (Lipinski definition) is 1. The van der Waals surface area contributed by atoms with Crippen molar-refractivity contribution in [3.05, 3.63) is 11.4 Å². The fraction of sp³-hybridized carbons (Fsp3) is 0.933. The van der Waals surface area contributed by atoms with Crippen molar-refractivity contribution < 1.29 is 14.4 Å². The van der Waals surface area contributed by atoms with E-state index in [2.05, 4.69) is 13.8 Å². The monoisotopic (exact) mass is 500 g/mol. The summed E-state index contributed by atoms with van der Waals surface area (Å²) in [7, 11) is -4.08. The first kappa shape index (κ1) is 33.9. The lowest BCUT2D eigenvalue weighted by Crippen LogP contribution is -1.89. The van der Waals surface area contributed by atoms with Crippen molar-refractivity contribution in [1.82, 2.24) is 0 Å². The summed E-state index contributed by atoms with van der Waals surface area (Å²) in [5, 5.41) is 0.391. The predicted octanol–water partition coefficient (Wildman–Crippen LogP) is 11.2. The van der Waals surface area contributed by atoms with E-state index in [1.165, 1.54) is 135 Å². The van der Waals surface area contributed by atoms with E-state index in [1.54, 1.807) is 0 Å². The molecule has 0 aliphatic heterocycles. The zero-order valence-corrected chi connectivity index (χ0v) is 24.1. The Morgan fingerprint density at radius 3 is 1.12 bits per heavy atom. The Morgan fingerprint density at radius 2 is 0.794 bits per heavy atom. The fourth-order valence-electron chi connectivity index (χ4n) is 4.77. The molecule has 0 saturated heterocycles. The summed E-state index contributed by atoms with van der Waals surface area (Å²) in [4.78, 5) is 19.4. The molecule has 0 saturated carbocycles. The van der Waals surface area contributed by atoms with Crippen molar-refractivity contribution in [3.63, 3.8) is 0 Å². The quantitative estimate of drug-likeness (QED) is 0.0870. The normalized spacial score (nSPS) is 12.5. The molecule has 0 aromatic heterocycles. The Hall–Kier alpha value is -0.110. The molecule has 4 heteroatoms. The third-order valence-electron chi connectivity index (χ3n) is 7.10. The third kappa shape index (κ3) is 25.0. The predicted molar refractivity (Wildman–Crippen MR) is 152 cm³/mol. The Labute approximate surface area is 214 Å². The molecule has 34 heavy (non-hydrogen) atoms. The lowest BCUT2D eigenvalue weighted by molar-refractivity contribution is 0.379. The SMILES string of the molecule is CCCCCCCCCCCCCC/C=C(/CCCCCCCCCCCCCC)P(=O)(O)O. The van der Waals surface area contributed by atoms with E-state index < -0.39 is 7.60 Å². The van der Waals surface area contributed by atoms with Gasteiger partial charge in [0, 0.05) is 5.31 Å². The highest BCUT2D eigenvalue weighted by Crippen LogP contribution is 2.47. The highest BCUT2D eigenvalue weighted by Gasteiger charge is 2.19. The maximum atomic E-state index is 11.8. The summed E-state index contributed by atoms with van der Waals surface area (Å²) in [6.07, 6.45) is 34.4. The van der Waals surface area contributed by atoms with Crippen LogP contribution in [0.5, 0.6) is 0 Å². The maximum Gasteiger partial charge on any atom is 0.351 e. The van der Waals surface area contributed by atoms with Gasteiger partial charge < -0.3 is 9.79 Å². The summed E-state index contributed by atoms with van der Waals surface area (Å²) in [6, 6.07) is 0. The minimum absolute atomic E-state index is 0.391. The van der Waals surface area contributed by atoms with Crippen molar-refractivity contribution >= 4 is 7.60 Å². The van der Waals surface area contributed by atoms with E-state index in [4.69, 9.17) is 0 Å². The molecule has 0 heterocycles. The van der Waals surface area contributed by atoms with Crippen LogP contribution in [0.25, 0.3) is 0 Å². The van der Waals surface area contributed by atoms with Crippen LogP contribution >= 0.6 is 7.60 Å². The minimum atomic E-state index is -4.08. The number of hydrogen-bond donors (Lipinski definition) is 2. The van der Waals surface area contributed by atoms with Gasteiger partial charge in [0.1, 0.15) is 0 Å². The summed E-state index contributed by atoms with van der Waals surface area (Å²) >= 11 is 0. The largest absolute Gasteiger partial charge is 0.351 e. The summed E-state index contributed by atoms with van der Waals surface area (Å²) < 4.78 is 11.8. The van der Waals surface area contributed by atoms with Gasteiger partial charge in [-0.15, -0.1) is 0 Å². The number of rotatable bonds is 27. The van der Waals surface area contributed by atoms with Crippen LogP contribution in [0.15, 0.2) is 11.4 Å². The van der Waals surface area contributed by atoms with Gasteiger partial charge in [-0.25, -0.2) is 0 Å². The highest BCUT2D eigenvalue weighted by molar-refractivity contribution is 7.56. The van der Waals surface area contributed by atoms with Gasteiger partial charge in [-0.3, -0.25) is 4.57 Å². The molecule has 3 nitrogen and oxygen atoms in total. The number of allylic oxidation sites excluding steroid dienone is 2. The topological polar surface area (TPSA) is 57.5 Å². The summed E-state index contributed by atoms with van der Waals surface area (Å²) in [5.74, 6) is 0. The smallest absolute Gasteiger partial charge is 0.321 e. The second-order valence-electron chi connectivity index (χ2n) is 10.6. The van der Waals surface area contributed by atoms with Crippen molar-refractivity contribution in [2.24, 2.45) is 0 Å². The van der Waals surface area contributed by atoms with Crippen molar-refractivity contribution in [3.8, 4) is 0 Å². The molecule has 0 aliphatic carbocycles. The zero-order valence-electron chi connectivity index (χ0n) is 23.2. The molecule has 0 aliphatic rings. The maximum absolute atomic E-state index is 11.8. The Kier molecular flexibility index (Phi) is 25.9. The molecule has 0 atom stereocenters. The molecule has 0 amide bonds. The fourth-order valence-corrected chi connectivity index (χ4v) is 5.58. The first-order valence-corrected chi connectivity index (χ1v) is 16.9. The van der Waals surface area contributed by atoms with Crippen LogP contribution in [-0.2, 0) is 4.57 Å². The van der Waals surface area contributed by atoms with Gasteiger partial charge in [-0.1, -0.05) is 161 Å². The van der Waals surface area contributed by atoms with Crippen molar-refractivity contribution in [1.29, 1.82) is 0 Å². The van der Waals surface area contributed by atoms with Crippen molar-refractivity contribution in [2.45, 2.75) is 181 Å². The van der Waals surface area contributed by atoms with Gasteiger partial charge in [0.25, 0.3) is 0 Å². The van der Waals surface area contributed by atoms with Crippen LogP contribution in [0.3, 0.4) is 0 Å². The minimum Gasteiger partial charge on any atom is -0.321 e. The molecule has 0 fully saturated rings. The molecule has 0 aromatic carbocycles. The second-order valence-corrected chi connectivity index (χ2v) is 12.2. The van der Waals surface area contributed by atoms with E-state index in [0.717, 1.165) is 25.7 Å². The molecule has 204 valence electrons. The van der Waals surface area contributed by atoms with Crippen molar-refractivity contribution in [2.75, 3.05) is 0 Å². The molecule has 0 rings (SSSR count). The van der Waals surface area contributed by atoms with E-state index in [1.807, 2.05) is 6.08 Å². The average molecular weight is 501 g/mol. The zero-order chi connectivity index (χ0) is 25.2. The molecule has 0 bridgehead atoms. The van der Waals surface area contributed by atoms with E-state index in [9.17, 15) is 14.4 Å². The molecule has 0 unspecified atom stereocenters. The standard InChI is InChI=1S/C30H61O3P/c1-3-5-7-9-11-13-15-17-19-21-23-25-27-29-30(34(31,32)33)28-26-24-22-20-18-16-14-12-10-8-6-4-2/h29H,3-28H2,1-2H3,(H2,31,32,33)/b30-29-. The lowest BCUT2D eigenvalue weighted by Gasteiger charge is -2.10. The first-order chi connectivity index (χ1) is 16.5. The average Bonchev–Trinajstić information content (AvgIpc) is 2.80. The van der Waals surface area contributed by atoms with Crippen LogP contribution in [0.1, 0.15) is 181 Å². The van der Waals surface area contributed by atoms with Crippen LogP contribution in [-0.4, -0.2) is 9.79 Å².